The van der Waals surface area contributed by atoms with Gasteiger partial charge < -0.3 is 5.73 Å². The second-order valence-corrected chi connectivity index (χ2v) is 4.49. The number of amides is 2. The average molecular weight is 253 g/mol. The van der Waals surface area contributed by atoms with E-state index in [4.69, 9.17) is 17.3 Å². The van der Waals surface area contributed by atoms with Crippen LogP contribution in [0.2, 0.25) is 5.02 Å². The zero-order valence-electron chi connectivity index (χ0n) is 9.28. The van der Waals surface area contributed by atoms with Crippen LogP contribution in [0.1, 0.15) is 24.8 Å². The van der Waals surface area contributed by atoms with E-state index in [-0.39, 0.29) is 18.4 Å². The van der Waals surface area contributed by atoms with Crippen LogP contribution in [0.3, 0.4) is 0 Å². The van der Waals surface area contributed by atoms with Crippen LogP contribution in [0.5, 0.6) is 0 Å². The predicted octanol–water partition coefficient (Wildman–Crippen LogP) is 1.96. The van der Waals surface area contributed by atoms with Crippen LogP contribution >= 0.6 is 11.6 Å². The molecule has 1 heterocycles. The number of likely N-dealkylation sites (tertiary alicyclic amines) is 1. The molecule has 17 heavy (non-hydrogen) atoms. The molecule has 0 bridgehead atoms. The Labute approximate surface area is 104 Å². The van der Waals surface area contributed by atoms with Crippen molar-refractivity contribution in [1.29, 1.82) is 0 Å². The number of carbonyl (C=O) groups excluding carboxylic acids is 2. The van der Waals surface area contributed by atoms with Gasteiger partial charge in [-0.15, -0.1) is 0 Å². The number of hydrogen-bond donors (Lipinski definition) is 1. The first-order valence-corrected chi connectivity index (χ1v) is 5.83. The van der Waals surface area contributed by atoms with Gasteiger partial charge in [-0.25, -0.2) is 0 Å². The highest BCUT2D eigenvalue weighted by Gasteiger charge is 2.26. The maximum atomic E-state index is 11.6. The van der Waals surface area contributed by atoms with Crippen molar-refractivity contribution in [3.8, 4) is 0 Å². The summed E-state index contributed by atoms with van der Waals surface area (Å²) >= 11 is 6.01. The first kappa shape index (κ1) is 11.9. The Balaban J connectivity index is 2.19. The average Bonchev–Trinajstić information content (AvgIpc) is 2.26. The minimum absolute atomic E-state index is 0.130. The molecule has 5 heteroatoms. The van der Waals surface area contributed by atoms with E-state index < -0.39 is 0 Å². The number of benzene rings is 1. The summed E-state index contributed by atoms with van der Waals surface area (Å²) in [5.74, 6) is -0.261. The van der Waals surface area contributed by atoms with Crippen LogP contribution < -0.4 is 5.73 Å². The Morgan fingerprint density at radius 3 is 2.47 bits per heavy atom. The van der Waals surface area contributed by atoms with Gasteiger partial charge in [0.1, 0.15) is 0 Å². The molecule has 1 fully saturated rings. The molecular weight excluding hydrogens is 240 g/mol. The van der Waals surface area contributed by atoms with E-state index in [9.17, 15) is 9.59 Å². The van der Waals surface area contributed by atoms with Crippen LogP contribution in [-0.2, 0) is 16.1 Å². The second kappa shape index (κ2) is 4.75. The summed E-state index contributed by atoms with van der Waals surface area (Å²) in [5, 5.41) is 0.483. The van der Waals surface area contributed by atoms with Crippen LogP contribution in [0.4, 0.5) is 5.69 Å². The lowest BCUT2D eigenvalue weighted by Crippen LogP contribution is -2.39. The van der Waals surface area contributed by atoms with Crippen molar-refractivity contribution in [2.24, 2.45) is 0 Å². The molecule has 1 saturated heterocycles. The van der Waals surface area contributed by atoms with Crippen molar-refractivity contribution in [2.75, 3.05) is 5.73 Å². The van der Waals surface area contributed by atoms with Crippen molar-refractivity contribution in [3.63, 3.8) is 0 Å². The fourth-order valence-electron chi connectivity index (χ4n) is 1.84. The van der Waals surface area contributed by atoms with E-state index in [1.54, 1.807) is 18.2 Å². The molecule has 1 aromatic carbocycles. The summed E-state index contributed by atoms with van der Waals surface area (Å²) in [6.07, 6.45) is 1.50. The third kappa shape index (κ3) is 2.58. The fraction of sp³-hybridized carbons (Fsp3) is 0.333. The van der Waals surface area contributed by atoms with E-state index in [0.717, 1.165) is 5.56 Å². The van der Waals surface area contributed by atoms with Crippen molar-refractivity contribution in [3.05, 3.63) is 28.8 Å². The fourth-order valence-corrected chi connectivity index (χ4v) is 2.09. The number of rotatable bonds is 2. The number of piperidine rings is 1. The number of nitrogens with zero attached hydrogens (tertiary/aromatic N) is 1. The number of imide groups is 1. The lowest BCUT2D eigenvalue weighted by Gasteiger charge is -2.25. The van der Waals surface area contributed by atoms with Crippen molar-refractivity contribution in [2.45, 2.75) is 25.8 Å². The number of nitrogen functional groups attached to an aromatic ring is 1. The van der Waals surface area contributed by atoms with E-state index in [1.165, 1.54) is 4.90 Å². The van der Waals surface area contributed by atoms with E-state index >= 15 is 0 Å². The van der Waals surface area contributed by atoms with Crippen LogP contribution in [-0.4, -0.2) is 16.7 Å². The Hall–Kier alpha value is -1.55. The van der Waals surface area contributed by atoms with Gasteiger partial charge in [-0.2, -0.15) is 0 Å². The molecular formula is C12H13ClN2O2. The molecule has 0 saturated carbocycles. The molecule has 0 atom stereocenters. The zero-order chi connectivity index (χ0) is 12.4. The highest BCUT2D eigenvalue weighted by Crippen LogP contribution is 2.23. The predicted molar refractivity (Wildman–Crippen MR) is 65.3 cm³/mol. The minimum Gasteiger partial charge on any atom is -0.399 e. The Morgan fingerprint density at radius 2 is 1.88 bits per heavy atom. The Bertz CT molecular complexity index is 458. The van der Waals surface area contributed by atoms with Gasteiger partial charge in [0, 0.05) is 23.6 Å². The third-order valence-corrected chi connectivity index (χ3v) is 3.14. The SMILES string of the molecule is Nc1ccc(CN2C(=O)CCCC2=O)c(Cl)c1. The van der Waals surface area contributed by atoms with Gasteiger partial charge >= 0.3 is 0 Å². The highest BCUT2D eigenvalue weighted by molar-refractivity contribution is 6.31. The maximum Gasteiger partial charge on any atom is 0.229 e. The molecule has 90 valence electrons. The molecule has 4 nitrogen and oxygen atoms in total. The summed E-state index contributed by atoms with van der Waals surface area (Å²) in [6.45, 7) is 0.233. The van der Waals surface area contributed by atoms with Gasteiger partial charge in [-0.3, -0.25) is 14.5 Å². The van der Waals surface area contributed by atoms with Crippen molar-refractivity contribution in [1.82, 2.24) is 4.90 Å². The molecule has 0 spiro atoms. The van der Waals surface area contributed by atoms with Gasteiger partial charge in [0.2, 0.25) is 11.8 Å². The summed E-state index contributed by atoms with van der Waals surface area (Å²) < 4.78 is 0. The molecule has 2 rings (SSSR count). The van der Waals surface area contributed by atoms with E-state index in [2.05, 4.69) is 0 Å². The highest BCUT2D eigenvalue weighted by atomic mass is 35.5. The molecule has 0 aliphatic carbocycles. The largest absolute Gasteiger partial charge is 0.399 e. The summed E-state index contributed by atoms with van der Waals surface area (Å²) in [6, 6.07) is 5.07. The monoisotopic (exact) mass is 252 g/mol. The Kier molecular flexibility index (Phi) is 3.33. The smallest absolute Gasteiger partial charge is 0.229 e. The number of nitrogens with two attached hydrogens (primary N) is 1. The third-order valence-electron chi connectivity index (χ3n) is 2.79. The summed E-state index contributed by atoms with van der Waals surface area (Å²) in [7, 11) is 0. The quantitative estimate of drug-likeness (QED) is 0.646. The van der Waals surface area contributed by atoms with E-state index in [1.807, 2.05) is 0 Å². The first-order valence-electron chi connectivity index (χ1n) is 5.45. The molecule has 1 aliphatic rings. The standard InChI is InChI=1S/C12H13ClN2O2/c13-10-6-9(14)5-4-8(10)7-15-11(16)2-1-3-12(15)17/h4-6H,1-3,7,14H2. The zero-order valence-corrected chi connectivity index (χ0v) is 10.0. The second-order valence-electron chi connectivity index (χ2n) is 4.08. The molecule has 0 unspecified atom stereocenters. The van der Waals surface area contributed by atoms with Crippen LogP contribution in [0.25, 0.3) is 0 Å². The van der Waals surface area contributed by atoms with Gasteiger partial charge in [-0.05, 0) is 24.1 Å². The topological polar surface area (TPSA) is 63.4 Å². The van der Waals surface area contributed by atoms with Gasteiger partial charge in [0.05, 0.1) is 6.54 Å². The molecule has 2 N–H and O–H groups in total. The lowest BCUT2D eigenvalue weighted by molar-refractivity contribution is -0.148. The minimum atomic E-state index is -0.130. The lowest BCUT2D eigenvalue weighted by atomic mass is 10.1. The normalized spacial score (nSPS) is 16.4. The van der Waals surface area contributed by atoms with E-state index in [0.29, 0.717) is 30.0 Å². The number of carbonyl (C=O) groups is 2. The van der Waals surface area contributed by atoms with Gasteiger partial charge in [-0.1, -0.05) is 17.7 Å². The molecule has 1 aromatic rings. The maximum absolute atomic E-state index is 11.6. The van der Waals surface area contributed by atoms with Crippen molar-refractivity contribution >= 4 is 29.1 Å². The van der Waals surface area contributed by atoms with Crippen LogP contribution in [0, 0.1) is 0 Å². The van der Waals surface area contributed by atoms with Gasteiger partial charge in [0.15, 0.2) is 0 Å². The molecule has 1 aliphatic heterocycles. The van der Waals surface area contributed by atoms with Crippen molar-refractivity contribution < 1.29 is 9.59 Å². The Morgan fingerprint density at radius 1 is 1.24 bits per heavy atom. The van der Waals surface area contributed by atoms with Gasteiger partial charge in [0.25, 0.3) is 0 Å². The molecule has 2 amide bonds. The molecule has 0 radical (unpaired) electrons. The number of anilines is 1. The number of halogens is 1. The number of hydrogen-bond acceptors (Lipinski definition) is 3. The molecule has 0 aromatic heterocycles. The summed E-state index contributed by atoms with van der Waals surface area (Å²) in [5.41, 5.74) is 6.89. The van der Waals surface area contributed by atoms with Crippen LogP contribution in [0.15, 0.2) is 18.2 Å². The summed E-state index contributed by atoms with van der Waals surface area (Å²) in [4.78, 5) is 24.5. The first-order chi connectivity index (χ1) is 8.08.